The molecule has 2 rings (SSSR count). The number of halogens is 2. The van der Waals surface area contributed by atoms with E-state index < -0.39 is 6.03 Å². The number of urea groups is 1. The van der Waals surface area contributed by atoms with Crippen molar-refractivity contribution in [3.8, 4) is 11.5 Å². The number of ether oxygens (including phenoxy) is 2. The van der Waals surface area contributed by atoms with Crippen molar-refractivity contribution in [2.45, 2.75) is 13.8 Å². The summed E-state index contributed by atoms with van der Waals surface area (Å²) in [6, 6.07) is 6.43. The molecule has 2 N–H and O–H groups in total. The molecule has 0 spiro atoms. The Bertz CT molecular complexity index is 756. The molecule has 2 aromatic carbocycles. The van der Waals surface area contributed by atoms with Crippen LogP contribution in [-0.4, -0.2) is 20.3 Å². The second kappa shape index (κ2) is 7.64. The summed E-state index contributed by atoms with van der Waals surface area (Å²) < 4.78 is 10.4. The first-order chi connectivity index (χ1) is 11.3. The first-order valence-electron chi connectivity index (χ1n) is 7.12. The highest BCUT2D eigenvalue weighted by Crippen LogP contribution is 2.36. The Morgan fingerprint density at radius 1 is 0.917 bits per heavy atom. The number of amides is 2. The molecule has 0 atom stereocenters. The van der Waals surface area contributed by atoms with E-state index in [0.29, 0.717) is 32.9 Å². The second-order valence-electron chi connectivity index (χ2n) is 5.20. The van der Waals surface area contributed by atoms with Gasteiger partial charge >= 0.3 is 6.03 Å². The number of rotatable bonds is 4. The van der Waals surface area contributed by atoms with Crippen molar-refractivity contribution in [1.82, 2.24) is 0 Å². The van der Waals surface area contributed by atoms with E-state index >= 15 is 0 Å². The average molecular weight is 369 g/mol. The van der Waals surface area contributed by atoms with E-state index in [-0.39, 0.29) is 0 Å². The van der Waals surface area contributed by atoms with Gasteiger partial charge in [0.25, 0.3) is 0 Å². The van der Waals surface area contributed by atoms with Gasteiger partial charge in [-0.25, -0.2) is 4.79 Å². The van der Waals surface area contributed by atoms with Gasteiger partial charge in [-0.2, -0.15) is 0 Å². The van der Waals surface area contributed by atoms with E-state index in [1.54, 1.807) is 18.2 Å². The van der Waals surface area contributed by atoms with Gasteiger partial charge in [0.05, 0.1) is 35.6 Å². The molecule has 0 aromatic heterocycles. The number of aryl methyl sites for hydroxylation is 2. The standard InChI is InChI=1S/C17H18Cl2N2O3/c1-9-5-10(2)16(12(19)6-9)21-17(22)20-13-8-14(23-3)11(18)7-15(13)24-4/h5-8H,1-4H3,(H2,20,21,22). The molecule has 2 amide bonds. The molecule has 0 saturated carbocycles. The van der Waals surface area contributed by atoms with E-state index in [1.165, 1.54) is 14.2 Å². The fourth-order valence-electron chi connectivity index (χ4n) is 2.30. The molecule has 128 valence electrons. The van der Waals surface area contributed by atoms with Crippen LogP contribution in [0.3, 0.4) is 0 Å². The van der Waals surface area contributed by atoms with Crippen LogP contribution in [0.4, 0.5) is 16.2 Å². The summed E-state index contributed by atoms with van der Waals surface area (Å²) in [6.07, 6.45) is 0. The number of methoxy groups -OCH3 is 2. The monoisotopic (exact) mass is 368 g/mol. The van der Waals surface area contributed by atoms with Gasteiger partial charge in [-0.15, -0.1) is 0 Å². The molecule has 0 saturated heterocycles. The maximum Gasteiger partial charge on any atom is 0.323 e. The van der Waals surface area contributed by atoms with E-state index in [9.17, 15) is 4.79 Å². The summed E-state index contributed by atoms with van der Waals surface area (Å²) in [4.78, 5) is 12.3. The Morgan fingerprint density at radius 3 is 2.17 bits per heavy atom. The third-order valence-electron chi connectivity index (χ3n) is 3.39. The lowest BCUT2D eigenvalue weighted by molar-refractivity contribution is 0.262. The lowest BCUT2D eigenvalue weighted by atomic mass is 10.1. The molecule has 24 heavy (non-hydrogen) atoms. The van der Waals surface area contributed by atoms with Crippen LogP contribution >= 0.6 is 23.2 Å². The minimum Gasteiger partial charge on any atom is -0.495 e. The summed E-state index contributed by atoms with van der Waals surface area (Å²) in [5.41, 5.74) is 2.88. The van der Waals surface area contributed by atoms with Crippen molar-refractivity contribution in [3.63, 3.8) is 0 Å². The maximum absolute atomic E-state index is 12.3. The highest BCUT2D eigenvalue weighted by Gasteiger charge is 2.14. The number of nitrogens with one attached hydrogen (secondary N) is 2. The van der Waals surface area contributed by atoms with Crippen molar-refractivity contribution in [3.05, 3.63) is 45.4 Å². The van der Waals surface area contributed by atoms with Crippen LogP contribution in [0.25, 0.3) is 0 Å². The van der Waals surface area contributed by atoms with Crippen LogP contribution < -0.4 is 20.1 Å². The lowest BCUT2D eigenvalue weighted by Gasteiger charge is -2.15. The van der Waals surface area contributed by atoms with Crippen molar-refractivity contribution in [2.24, 2.45) is 0 Å². The van der Waals surface area contributed by atoms with Crippen LogP contribution in [0.2, 0.25) is 10.0 Å². The molecule has 0 aliphatic heterocycles. The maximum atomic E-state index is 12.3. The fraction of sp³-hybridized carbons (Fsp3) is 0.235. The van der Waals surface area contributed by atoms with E-state index in [1.807, 2.05) is 19.9 Å². The van der Waals surface area contributed by atoms with Crippen molar-refractivity contribution in [1.29, 1.82) is 0 Å². The number of benzene rings is 2. The molecule has 0 heterocycles. The average Bonchev–Trinajstić information content (AvgIpc) is 2.52. The first kappa shape index (κ1) is 18.2. The molecular weight excluding hydrogens is 351 g/mol. The number of carbonyl (C=O) groups is 1. The zero-order chi connectivity index (χ0) is 17.9. The highest BCUT2D eigenvalue weighted by molar-refractivity contribution is 6.34. The van der Waals surface area contributed by atoms with Gasteiger partial charge in [-0.3, -0.25) is 0 Å². The van der Waals surface area contributed by atoms with Gasteiger partial charge in [-0.1, -0.05) is 29.3 Å². The lowest BCUT2D eigenvalue weighted by Crippen LogP contribution is -2.20. The van der Waals surface area contributed by atoms with Gasteiger partial charge in [0, 0.05) is 12.1 Å². The Morgan fingerprint density at radius 2 is 1.58 bits per heavy atom. The smallest absolute Gasteiger partial charge is 0.323 e. The largest absolute Gasteiger partial charge is 0.495 e. The molecule has 0 fully saturated rings. The normalized spacial score (nSPS) is 10.2. The quantitative estimate of drug-likeness (QED) is 0.772. The van der Waals surface area contributed by atoms with Crippen LogP contribution in [0, 0.1) is 13.8 Å². The summed E-state index contributed by atoms with van der Waals surface area (Å²) in [7, 11) is 2.98. The third kappa shape index (κ3) is 4.04. The minimum atomic E-state index is -0.452. The van der Waals surface area contributed by atoms with E-state index in [4.69, 9.17) is 32.7 Å². The Kier molecular flexibility index (Phi) is 5.80. The zero-order valence-electron chi connectivity index (χ0n) is 13.8. The second-order valence-corrected chi connectivity index (χ2v) is 6.02. The molecular formula is C17H18Cl2N2O3. The van der Waals surface area contributed by atoms with Crippen molar-refractivity contribution in [2.75, 3.05) is 24.9 Å². The summed E-state index contributed by atoms with van der Waals surface area (Å²) in [5, 5.41) is 6.32. The molecule has 0 radical (unpaired) electrons. The topological polar surface area (TPSA) is 59.6 Å². The first-order valence-corrected chi connectivity index (χ1v) is 7.87. The van der Waals surface area contributed by atoms with Crippen LogP contribution in [0.1, 0.15) is 11.1 Å². The van der Waals surface area contributed by atoms with Crippen LogP contribution in [-0.2, 0) is 0 Å². The van der Waals surface area contributed by atoms with E-state index in [2.05, 4.69) is 10.6 Å². The number of hydrogen-bond donors (Lipinski definition) is 2. The van der Waals surface area contributed by atoms with Crippen molar-refractivity contribution < 1.29 is 14.3 Å². The summed E-state index contributed by atoms with van der Waals surface area (Å²) in [5.74, 6) is 0.847. The van der Waals surface area contributed by atoms with Gasteiger partial charge in [0.1, 0.15) is 11.5 Å². The predicted octanol–water partition coefficient (Wildman–Crippen LogP) is 5.27. The summed E-state index contributed by atoms with van der Waals surface area (Å²) >= 11 is 12.3. The van der Waals surface area contributed by atoms with Gasteiger partial charge in [-0.05, 0) is 31.0 Å². The van der Waals surface area contributed by atoms with Crippen LogP contribution in [0.15, 0.2) is 24.3 Å². The Hall–Kier alpha value is -2.11. The number of hydrogen-bond acceptors (Lipinski definition) is 3. The molecule has 0 aliphatic carbocycles. The predicted molar refractivity (Wildman–Crippen MR) is 98.1 cm³/mol. The van der Waals surface area contributed by atoms with Crippen LogP contribution in [0.5, 0.6) is 11.5 Å². The van der Waals surface area contributed by atoms with Gasteiger partial charge < -0.3 is 20.1 Å². The zero-order valence-corrected chi connectivity index (χ0v) is 15.3. The molecule has 0 unspecified atom stereocenters. The Labute approximate surface area is 150 Å². The Balaban J connectivity index is 2.24. The van der Waals surface area contributed by atoms with Gasteiger partial charge in [0.2, 0.25) is 0 Å². The molecule has 7 heteroatoms. The molecule has 5 nitrogen and oxygen atoms in total. The number of carbonyl (C=O) groups excluding carboxylic acids is 1. The summed E-state index contributed by atoms with van der Waals surface area (Å²) in [6.45, 7) is 3.81. The molecule has 0 aliphatic rings. The highest BCUT2D eigenvalue weighted by atomic mass is 35.5. The van der Waals surface area contributed by atoms with Crippen molar-refractivity contribution >= 4 is 40.6 Å². The molecule has 0 bridgehead atoms. The minimum absolute atomic E-state index is 0.387. The fourth-order valence-corrected chi connectivity index (χ4v) is 2.90. The SMILES string of the molecule is COc1cc(NC(=O)Nc2c(C)cc(C)cc2Cl)c(OC)cc1Cl. The molecule has 2 aromatic rings. The van der Waals surface area contributed by atoms with Gasteiger partial charge in [0.15, 0.2) is 0 Å². The number of anilines is 2. The van der Waals surface area contributed by atoms with E-state index in [0.717, 1.165) is 11.1 Å². The third-order valence-corrected chi connectivity index (χ3v) is 3.99.